The van der Waals surface area contributed by atoms with Crippen molar-refractivity contribution in [2.45, 2.75) is 51.6 Å². The van der Waals surface area contributed by atoms with Gasteiger partial charge in [-0.1, -0.05) is 44.9 Å². The Labute approximate surface area is 219 Å². The molecular formula is C26H41N7O4. The number of nitrogens with one attached hydrogen (secondary N) is 4. The Morgan fingerprint density at radius 1 is 0.946 bits per heavy atom. The number of aliphatic hydroxyl groups excluding tert-OH is 1. The summed E-state index contributed by atoms with van der Waals surface area (Å²) in [6.07, 6.45) is 4.64. The second-order valence-electron chi connectivity index (χ2n) is 9.38. The van der Waals surface area contributed by atoms with Crippen LogP contribution in [0.2, 0.25) is 0 Å². The first-order valence-electron chi connectivity index (χ1n) is 13.2. The normalized spacial score (nSPS) is 14.5. The van der Waals surface area contributed by atoms with Crippen LogP contribution < -0.4 is 21.3 Å². The second-order valence-corrected chi connectivity index (χ2v) is 9.38. The molecule has 1 aromatic carbocycles. The molecule has 0 aliphatic heterocycles. The molecule has 37 heavy (non-hydrogen) atoms. The highest BCUT2D eigenvalue weighted by Crippen LogP contribution is 2.22. The third-order valence-corrected chi connectivity index (χ3v) is 6.11. The number of hydrogen-bond acceptors (Lipinski definition) is 10. The van der Waals surface area contributed by atoms with Gasteiger partial charge in [0.05, 0.1) is 39.1 Å². The van der Waals surface area contributed by atoms with Crippen molar-refractivity contribution < 1.29 is 19.4 Å². The van der Waals surface area contributed by atoms with Gasteiger partial charge in [0.2, 0.25) is 17.8 Å². The molecule has 204 valence electrons. The average molecular weight is 516 g/mol. The molecule has 1 atom stereocenters. The minimum Gasteiger partial charge on any atom is -0.394 e. The van der Waals surface area contributed by atoms with Crippen molar-refractivity contribution in [2.75, 3.05) is 62.1 Å². The first kappa shape index (κ1) is 28.5. The first-order chi connectivity index (χ1) is 18.0. The van der Waals surface area contributed by atoms with Crippen molar-refractivity contribution in [2.24, 2.45) is 5.92 Å². The van der Waals surface area contributed by atoms with Crippen LogP contribution in [0.5, 0.6) is 0 Å². The Hall–Kier alpha value is -3.02. The highest BCUT2D eigenvalue weighted by molar-refractivity contribution is 5.94. The summed E-state index contributed by atoms with van der Waals surface area (Å²) in [4.78, 5) is 25.5. The van der Waals surface area contributed by atoms with Gasteiger partial charge < -0.3 is 35.8 Å². The fraction of sp³-hybridized carbons (Fsp3) is 0.615. The zero-order valence-corrected chi connectivity index (χ0v) is 21.9. The summed E-state index contributed by atoms with van der Waals surface area (Å²) >= 11 is 0. The molecule has 3 rings (SSSR count). The lowest BCUT2D eigenvalue weighted by molar-refractivity contribution is 0.0519. The van der Waals surface area contributed by atoms with E-state index >= 15 is 0 Å². The van der Waals surface area contributed by atoms with Crippen molar-refractivity contribution in [3.8, 4) is 0 Å². The Balaban J connectivity index is 1.34. The number of aliphatic hydroxyl groups is 1. The van der Waals surface area contributed by atoms with E-state index in [2.05, 4.69) is 36.2 Å². The summed E-state index contributed by atoms with van der Waals surface area (Å²) in [5.74, 6) is 1.52. The van der Waals surface area contributed by atoms with E-state index in [4.69, 9.17) is 9.47 Å². The average Bonchev–Trinajstić information content (AvgIpc) is 3.41. The first-order valence-corrected chi connectivity index (χ1v) is 13.2. The van der Waals surface area contributed by atoms with Crippen LogP contribution in [-0.4, -0.2) is 84.2 Å². The third kappa shape index (κ3) is 10.5. The number of carbonyl (C=O) groups excluding carboxylic acids is 1. The number of benzene rings is 1. The van der Waals surface area contributed by atoms with Gasteiger partial charge in [0.1, 0.15) is 0 Å². The molecule has 0 spiro atoms. The van der Waals surface area contributed by atoms with Gasteiger partial charge in [0.25, 0.3) is 5.91 Å². The molecule has 1 aromatic heterocycles. The van der Waals surface area contributed by atoms with Gasteiger partial charge >= 0.3 is 0 Å². The molecule has 11 heteroatoms. The monoisotopic (exact) mass is 515 g/mol. The number of amides is 1. The Morgan fingerprint density at radius 3 is 2.27 bits per heavy atom. The zero-order chi connectivity index (χ0) is 26.3. The van der Waals surface area contributed by atoms with Crippen molar-refractivity contribution in [3.63, 3.8) is 0 Å². The molecule has 0 saturated heterocycles. The zero-order valence-electron chi connectivity index (χ0n) is 21.9. The second kappa shape index (κ2) is 16.0. The highest BCUT2D eigenvalue weighted by Gasteiger charge is 2.18. The van der Waals surface area contributed by atoms with E-state index in [9.17, 15) is 9.90 Å². The number of rotatable bonds is 17. The van der Waals surface area contributed by atoms with Crippen LogP contribution >= 0.6 is 0 Å². The van der Waals surface area contributed by atoms with E-state index in [0.29, 0.717) is 69.0 Å². The Morgan fingerprint density at radius 2 is 1.59 bits per heavy atom. The van der Waals surface area contributed by atoms with Crippen LogP contribution in [0.25, 0.3) is 0 Å². The van der Waals surface area contributed by atoms with Gasteiger partial charge in [-0.15, -0.1) is 0 Å². The molecule has 5 N–H and O–H groups in total. The lowest BCUT2D eigenvalue weighted by Crippen LogP contribution is -2.31. The van der Waals surface area contributed by atoms with Crippen molar-refractivity contribution in [1.82, 2.24) is 20.3 Å². The van der Waals surface area contributed by atoms with Gasteiger partial charge in [-0.05, 0) is 30.9 Å². The summed E-state index contributed by atoms with van der Waals surface area (Å²) in [5, 5.41) is 22.3. The Kier molecular flexibility index (Phi) is 12.3. The number of hydrogen-bond donors (Lipinski definition) is 5. The minimum atomic E-state index is -0.149. The maximum atomic E-state index is 12.0. The SMILES string of the molecule is CC(C)[C@H](CO)Nc1nc(NCCOCCOCCNC(=O)c2ccccc2)nc(NC2CCCC2)n1. The highest BCUT2D eigenvalue weighted by atomic mass is 16.5. The van der Waals surface area contributed by atoms with Crippen LogP contribution in [0.4, 0.5) is 17.8 Å². The van der Waals surface area contributed by atoms with Gasteiger partial charge in [0, 0.05) is 24.7 Å². The predicted molar refractivity (Wildman–Crippen MR) is 144 cm³/mol. The summed E-state index contributed by atoms with van der Waals surface area (Å²) in [7, 11) is 0. The van der Waals surface area contributed by atoms with Crippen LogP contribution in [0.15, 0.2) is 30.3 Å². The molecule has 1 aliphatic rings. The van der Waals surface area contributed by atoms with Crippen LogP contribution in [-0.2, 0) is 9.47 Å². The molecule has 1 aliphatic carbocycles. The molecule has 2 aromatic rings. The van der Waals surface area contributed by atoms with Gasteiger partial charge in [-0.25, -0.2) is 0 Å². The van der Waals surface area contributed by atoms with E-state index in [1.807, 2.05) is 32.0 Å². The van der Waals surface area contributed by atoms with Crippen LogP contribution in [0, 0.1) is 5.92 Å². The van der Waals surface area contributed by atoms with E-state index in [1.165, 1.54) is 12.8 Å². The predicted octanol–water partition coefficient (Wildman–Crippen LogP) is 2.53. The van der Waals surface area contributed by atoms with Crippen molar-refractivity contribution in [3.05, 3.63) is 35.9 Å². The number of carbonyl (C=O) groups is 1. The number of aromatic nitrogens is 3. The van der Waals surface area contributed by atoms with E-state index in [0.717, 1.165) is 12.8 Å². The smallest absolute Gasteiger partial charge is 0.251 e. The maximum absolute atomic E-state index is 12.0. The fourth-order valence-electron chi connectivity index (χ4n) is 3.91. The molecule has 0 bridgehead atoms. The summed E-state index contributed by atoms with van der Waals surface area (Å²) < 4.78 is 11.1. The lowest BCUT2D eigenvalue weighted by atomic mass is 10.1. The number of anilines is 3. The molecule has 1 heterocycles. The molecular weight excluding hydrogens is 474 g/mol. The summed E-state index contributed by atoms with van der Waals surface area (Å²) in [6.45, 7) is 6.78. The standard InChI is InChI=1S/C26H41N7O4/c1-19(2)22(18-34)30-26-32-24(31-25(33-26)29-21-10-6-7-11-21)28-13-15-37-17-16-36-14-12-27-23(35)20-8-4-3-5-9-20/h3-5,8-9,19,21-22,34H,6-7,10-18H2,1-2H3,(H,27,35)(H3,28,29,30,31,32,33)/t22-/m0/s1. The van der Waals surface area contributed by atoms with Crippen LogP contribution in [0.1, 0.15) is 49.9 Å². The van der Waals surface area contributed by atoms with Crippen molar-refractivity contribution in [1.29, 1.82) is 0 Å². The van der Waals surface area contributed by atoms with Crippen molar-refractivity contribution >= 4 is 23.8 Å². The molecule has 1 saturated carbocycles. The molecule has 11 nitrogen and oxygen atoms in total. The van der Waals surface area contributed by atoms with E-state index in [-0.39, 0.29) is 24.5 Å². The van der Waals surface area contributed by atoms with E-state index in [1.54, 1.807) is 12.1 Å². The summed E-state index contributed by atoms with van der Waals surface area (Å²) in [6, 6.07) is 9.32. The maximum Gasteiger partial charge on any atom is 0.251 e. The molecule has 1 amide bonds. The lowest BCUT2D eigenvalue weighted by Gasteiger charge is -2.21. The minimum absolute atomic E-state index is 0.00714. The van der Waals surface area contributed by atoms with Gasteiger partial charge in [-0.3, -0.25) is 4.79 Å². The van der Waals surface area contributed by atoms with Gasteiger partial charge in [0.15, 0.2) is 0 Å². The fourth-order valence-corrected chi connectivity index (χ4v) is 3.91. The number of nitrogens with zero attached hydrogens (tertiary/aromatic N) is 3. The van der Waals surface area contributed by atoms with Gasteiger partial charge in [-0.2, -0.15) is 15.0 Å². The molecule has 0 unspecified atom stereocenters. The number of ether oxygens (including phenoxy) is 2. The summed E-state index contributed by atoms with van der Waals surface area (Å²) in [5.41, 5.74) is 0.633. The Bertz CT molecular complexity index is 926. The molecule has 0 radical (unpaired) electrons. The topological polar surface area (TPSA) is 143 Å². The third-order valence-electron chi connectivity index (χ3n) is 6.11. The molecule has 1 fully saturated rings. The van der Waals surface area contributed by atoms with Crippen LogP contribution in [0.3, 0.4) is 0 Å². The largest absolute Gasteiger partial charge is 0.394 e. The quantitative estimate of drug-likeness (QED) is 0.199. The van der Waals surface area contributed by atoms with E-state index < -0.39 is 0 Å².